The van der Waals surface area contributed by atoms with Crippen molar-refractivity contribution < 1.29 is 19.4 Å². The molecule has 0 saturated heterocycles. The lowest BCUT2D eigenvalue weighted by molar-refractivity contribution is -0.138. The number of aliphatic carboxylic acids is 1. The second-order valence-electron chi connectivity index (χ2n) is 4.64. The maximum Gasteiger partial charge on any atom is 0.303 e. The third-order valence-electron chi connectivity index (χ3n) is 2.39. The third kappa shape index (κ3) is 9.81. The number of carbonyl (C=O) groups excluding carboxylic acids is 1. The molecule has 0 aliphatic carbocycles. The van der Waals surface area contributed by atoms with Crippen LogP contribution in [0.2, 0.25) is 0 Å². The molecule has 0 saturated carbocycles. The fourth-order valence-electron chi connectivity index (χ4n) is 1.69. The van der Waals surface area contributed by atoms with Crippen molar-refractivity contribution in [3.8, 4) is 0 Å². The second kappa shape index (κ2) is 8.98. The Balaban J connectivity index is 3.97. The minimum absolute atomic E-state index is 0.000931. The van der Waals surface area contributed by atoms with E-state index in [0.29, 0.717) is 25.5 Å². The monoisotopic (exact) mass is 245 g/mol. The highest BCUT2D eigenvalue weighted by molar-refractivity contribution is 5.76. The van der Waals surface area contributed by atoms with Gasteiger partial charge in [-0.1, -0.05) is 13.8 Å². The van der Waals surface area contributed by atoms with Gasteiger partial charge in [-0.2, -0.15) is 0 Å². The molecule has 2 N–H and O–H groups in total. The summed E-state index contributed by atoms with van der Waals surface area (Å²) in [5.74, 6) is -0.484. The number of carbonyl (C=O) groups is 2. The first-order chi connectivity index (χ1) is 7.95. The van der Waals surface area contributed by atoms with E-state index in [1.165, 1.54) is 0 Å². The molecular formula is C12H23NO4. The molecule has 0 fully saturated rings. The molecule has 1 atom stereocenters. The second-order valence-corrected chi connectivity index (χ2v) is 4.64. The number of amides is 1. The van der Waals surface area contributed by atoms with Crippen molar-refractivity contribution in [1.29, 1.82) is 0 Å². The van der Waals surface area contributed by atoms with E-state index >= 15 is 0 Å². The van der Waals surface area contributed by atoms with Crippen LogP contribution < -0.4 is 5.32 Å². The maximum atomic E-state index is 11.3. The molecular weight excluding hydrogens is 222 g/mol. The van der Waals surface area contributed by atoms with Crippen LogP contribution in [0.4, 0.5) is 0 Å². The lowest BCUT2D eigenvalue weighted by Crippen LogP contribution is -2.31. The van der Waals surface area contributed by atoms with Crippen molar-refractivity contribution in [2.45, 2.75) is 33.1 Å². The van der Waals surface area contributed by atoms with Gasteiger partial charge in [0.25, 0.3) is 0 Å². The number of methoxy groups -OCH3 is 1. The number of ether oxygens (including phenoxy) is 1. The average Bonchev–Trinajstić information content (AvgIpc) is 2.21. The van der Waals surface area contributed by atoms with Crippen LogP contribution in [0.1, 0.15) is 33.1 Å². The highest BCUT2D eigenvalue weighted by Crippen LogP contribution is 2.14. The van der Waals surface area contributed by atoms with Crippen molar-refractivity contribution in [2.75, 3.05) is 20.3 Å². The summed E-state index contributed by atoms with van der Waals surface area (Å²) in [4.78, 5) is 22.0. The van der Waals surface area contributed by atoms with E-state index in [-0.39, 0.29) is 18.2 Å². The summed E-state index contributed by atoms with van der Waals surface area (Å²) in [6, 6.07) is 0. The quantitative estimate of drug-likeness (QED) is 0.641. The molecule has 0 unspecified atom stereocenters. The molecule has 0 aromatic heterocycles. The first-order valence-electron chi connectivity index (χ1n) is 5.93. The number of carboxylic acids is 1. The van der Waals surface area contributed by atoms with E-state index in [1.807, 2.05) is 13.8 Å². The van der Waals surface area contributed by atoms with E-state index in [9.17, 15) is 9.59 Å². The summed E-state index contributed by atoms with van der Waals surface area (Å²) in [6.45, 7) is 4.90. The third-order valence-corrected chi connectivity index (χ3v) is 2.39. The van der Waals surface area contributed by atoms with Gasteiger partial charge in [0.15, 0.2) is 0 Å². The smallest absolute Gasteiger partial charge is 0.303 e. The Labute approximate surface area is 103 Å². The first kappa shape index (κ1) is 15.9. The summed E-state index contributed by atoms with van der Waals surface area (Å²) in [5.41, 5.74) is 0. The topological polar surface area (TPSA) is 75.6 Å². The van der Waals surface area contributed by atoms with Crippen LogP contribution >= 0.6 is 0 Å². The molecule has 100 valence electrons. The zero-order chi connectivity index (χ0) is 13.3. The van der Waals surface area contributed by atoms with Crippen LogP contribution in [-0.2, 0) is 14.3 Å². The Morgan fingerprint density at radius 2 is 2.00 bits per heavy atom. The van der Waals surface area contributed by atoms with E-state index in [1.54, 1.807) is 7.11 Å². The number of rotatable bonds is 9. The molecule has 0 aromatic carbocycles. The van der Waals surface area contributed by atoms with Gasteiger partial charge in [0.2, 0.25) is 5.91 Å². The van der Waals surface area contributed by atoms with Crippen molar-refractivity contribution in [3.05, 3.63) is 0 Å². The molecule has 0 aliphatic rings. The predicted molar refractivity (Wildman–Crippen MR) is 64.7 cm³/mol. The van der Waals surface area contributed by atoms with Gasteiger partial charge in [-0.05, 0) is 18.3 Å². The molecule has 0 radical (unpaired) electrons. The number of hydrogen-bond acceptors (Lipinski definition) is 3. The van der Waals surface area contributed by atoms with Gasteiger partial charge in [-0.15, -0.1) is 0 Å². The molecule has 0 aliphatic heterocycles. The van der Waals surface area contributed by atoms with Crippen molar-refractivity contribution in [2.24, 2.45) is 11.8 Å². The molecule has 0 aromatic rings. The number of carboxylic acid groups (broad SMARTS) is 1. The molecule has 0 spiro atoms. The van der Waals surface area contributed by atoms with Crippen molar-refractivity contribution in [3.63, 3.8) is 0 Å². The highest BCUT2D eigenvalue weighted by atomic mass is 16.5. The summed E-state index contributed by atoms with van der Waals surface area (Å²) in [7, 11) is 1.54. The van der Waals surface area contributed by atoms with Gasteiger partial charge >= 0.3 is 5.97 Å². The Kier molecular flexibility index (Phi) is 8.40. The normalized spacial score (nSPS) is 12.5. The molecule has 0 bridgehead atoms. The average molecular weight is 245 g/mol. The van der Waals surface area contributed by atoms with Crippen LogP contribution in [0.25, 0.3) is 0 Å². The zero-order valence-electron chi connectivity index (χ0n) is 10.9. The molecule has 17 heavy (non-hydrogen) atoms. The lowest BCUT2D eigenvalue weighted by Gasteiger charge is -2.17. The van der Waals surface area contributed by atoms with Crippen molar-refractivity contribution in [1.82, 2.24) is 5.32 Å². The minimum atomic E-state index is -0.818. The minimum Gasteiger partial charge on any atom is -0.481 e. The maximum absolute atomic E-state index is 11.3. The molecule has 5 heteroatoms. The summed E-state index contributed by atoms with van der Waals surface area (Å²) in [5, 5.41) is 11.5. The Hall–Kier alpha value is -1.10. The zero-order valence-corrected chi connectivity index (χ0v) is 10.9. The predicted octanol–water partition coefficient (Wildman–Crippen LogP) is 1.28. The van der Waals surface area contributed by atoms with Crippen LogP contribution in [0.15, 0.2) is 0 Å². The van der Waals surface area contributed by atoms with Gasteiger partial charge in [-0.25, -0.2) is 0 Å². The van der Waals surface area contributed by atoms with Gasteiger partial charge in [0, 0.05) is 26.5 Å². The van der Waals surface area contributed by atoms with E-state index < -0.39 is 5.97 Å². The number of hydrogen-bond donors (Lipinski definition) is 2. The number of nitrogens with one attached hydrogen (secondary N) is 1. The van der Waals surface area contributed by atoms with Gasteiger partial charge in [0.05, 0.1) is 6.61 Å². The standard InChI is InChI=1S/C12H23NO4/c1-9(2)6-10(7-12(15)16)8-13-11(14)4-5-17-3/h9-10H,4-8H2,1-3H3,(H,13,14)(H,15,16)/t10-/m0/s1. The fourth-order valence-corrected chi connectivity index (χ4v) is 1.69. The van der Waals surface area contributed by atoms with Crippen LogP contribution in [0, 0.1) is 11.8 Å². The lowest BCUT2D eigenvalue weighted by atomic mass is 9.94. The summed E-state index contributed by atoms with van der Waals surface area (Å²) >= 11 is 0. The van der Waals surface area contributed by atoms with Crippen LogP contribution in [0.5, 0.6) is 0 Å². The van der Waals surface area contributed by atoms with Crippen molar-refractivity contribution >= 4 is 11.9 Å². The Morgan fingerprint density at radius 1 is 1.35 bits per heavy atom. The first-order valence-corrected chi connectivity index (χ1v) is 5.93. The van der Waals surface area contributed by atoms with Crippen LogP contribution in [-0.4, -0.2) is 37.2 Å². The van der Waals surface area contributed by atoms with E-state index in [0.717, 1.165) is 6.42 Å². The molecule has 1 amide bonds. The molecule has 5 nitrogen and oxygen atoms in total. The SMILES string of the molecule is COCCC(=O)NC[C@H](CC(=O)O)CC(C)C. The van der Waals surface area contributed by atoms with Gasteiger partial charge < -0.3 is 15.2 Å². The highest BCUT2D eigenvalue weighted by Gasteiger charge is 2.15. The van der Waals surface area contributed by atoms with Gasteiger partial charge in [0.1, 0.15) is 0 Å². The van der Waals surface area contributed by atoms with Gasteiger partial charge in [-0.3, -0.25) is 9.59 Å². The molecule has 0 heterocycles. The Bertz CT molecular complexity index is 241. The Morgan fingerprint density at radius 3 is 2.47 bits per heavy atom. The fraction of sp³-hybridized carbons (Fsp3) is 0.833. The summed E-state index contributed by atoms with van der Waals surface area (Å²) in [6.07, 6.45) is 1.22. The van der Waals surface area contributed by atoms with Crippen LogP contribution in [0.3, 0.4) is 0 Å². The largest absolute Gasteiger partial charge is 0.481 e. The summed E-state index contributed by atoms with van der Waals surface area (Å²) < 4.78 is 4.79. The van der Waals surface area contributed by atoms with E-state index in [4.69, 9.17) is 9.84 Å². The van der Waals surface area contributed by atoms with E-state index in [2.05, 4.69) is 5.32 Å². The molecule has 0 rings (SSSR count).